The van der Waals surface area contributed by atoms with Gasteiger partial charge in [-0.2, -0.15) is 5.10 Å². The van der Waals surface area contributed by atoms with Gasteiger partial charge in [0.2, 0.25) is 5.91 Å². The molecule has 7 heteroatoms. The molecule has 7 nitrogen and oxygen atoms in total. The molecule has 0 saturated carbocycles. The quantitative estimate of drug-likeness (QED) is 0.624. The van der Waals surface area contributed by atoms with Gasteiger partial charge in [0.15, 0.2) is 0 Å². The van der Waals surface area contributed by atoms with Crippen molar-refractivity contribution < 1.29 is 9.72 Å². The largest absolute Gasteiger partial charge is 0.353 e. The van der Waals surface area contributed by atoms with Crippen LogP contribution in [0.4, 0.5) is 5.69 Å². The lowest BCUT2D eigenvalue weighted by Crippen LogP contribution is -2.45. The van der Waals surface area contributed by atoms with Gasteiger partial charge >= 0.3 is 5.69 Å². The predicted molar refractivity (Wildman–Crippen MR) is 90.6 cm³/mol. The van der Waals surface area contributed by atoms with E-state index in [2.05, 4.69) is 24.3 Å². The first-order valence-corrected chi connectivity index (χ1v) is 7.82. The summed E-state index contributed by atoms with van der Waals surface area (Å²) in [6.45, 7) is 6.45. The third-order valence-corrected chi connectivity index (χ3v) is 4.38. The fourth-order valence-corrected chi connectivity index (χ4v) is 2.40. The lowest BCUT2D eigenvalue weighted by atomic mass is 9.78. The third kappa shape index (κ3) is 4.18. The van der Waals surface area contributed by atoms with Crippen LogP contribution >= 0.6 is 0 Å². The van der Waals surface area contributed by atoms with Crippen LogP contribution in [0.15, 0.2) is 42.7 Å². The van der Waals surface area contributed by atoms with E-state index in [1.807, 2.05) is 37.3 Å². The summed E-state index contributed by atoms with van der Waals surface area (Å²) in [5, 5.41) is 17.5. The van der Waals surface area contributed by atoms with Crippen molar-refractivity contribution in [2.75, 3.05) is 0 Å². The van der Waals surface area contributed by atoms with Gasteiger partial charge in [-0.25, -0.2) is 0 Å². The Morgan fingerprint density at radius 2 is 2.04 bits per heavy atom. The van der Waals surface area contributed by atoms with Gasteiger partial charge in [0.05, 0.1) is 4.92 Å². The maximum atomic E-state index is 12.2. The van der Waals surface area contributed by atoms with Crippen LogP contribution in [0.2, 0.25) is 0 Å². The zero-order chi connectivity index (χ0) is 17.7. The number of nitro groups is 1. The first-order chi connectivity index (χ1) is 11.3. The minimum absolute atomic E-state index is 0.0562. The average Bonchev–Trinajstić information content (AvgIpc) is 3.03. The van der Waals surface area contributed by atoms with Crippen LogP contribution in [0.25, 0.3) is 0 Å². The van der Waals surface area contributed by atoms with Crippen LogP contribution in [0.1, 0.15) is 32.8 Å². The third-order valence-electron chi connectivity index (χ3n) is 4.38. The van der Waals surface area contributed by atoms with Crippen molar-refractivity contribution in [2.24, 2.45) is 0 Å². The first kappa shape index (κ1) is 17.7. The molecule has 1 N–H and O–H groups in total. The molecule has 0 fully saturated rings. The number of hydrogen-bond donors (Lipinski definition) is 1. The summed E-state index contributed by atoms with van der Waals surface area (Å²) in [5.74, 6) is -0.107. The molecule has 1 aromatic carbocycles. The molecule has 0 spiro atoms. The summed E-state index contributed by atoms with van der Waals surface area (Å²) in [6.07, 6.45) is 2.72. The molecular weight excluding hydrogens is 308 g/mol. The van der Waals surface area contributed by atoms with Gasteiger partial charge in [0, 0.05) is 24.4 Å². The molecule has 0 radical (unpaired) electrons. The normalized spacial score (nSPS) is 12.6. The van der Waals surface area contributed by atoms with E-state index in [9.17, 15) is 14.9 Å². The molecular formula is C17H22N4O3. The number of nitrogens with zero attached hydrogens (tertiary/aromatic N) is 3. The van der Waals surface area contributed by atoms with Crippen molar-refractivity contribution >= 4 is 11.6 Å². The van der Waals surface area contributed by atoms with Crippen molar-refractivity contribution in [3.8, 4) is 0 Å². The minimum Gasteiger partial charge on any atom is -0.353 e. The summed E-state index contributed by atoms with van der Waals surface area (Å²) in [5.41, 5.74) is 0.871. The molecule has 2 rings (SSSR count). The summed E-state index contributed by atoms with van der Waals surface area (Å²) in [4.78, 5) is 22.3. The van der Waals surface area contributed by atoms with Gasteiger partial charge in [-0.1, -0.05) is 44.2 Å². The van der Waals surface area contributed by atoms with Gasteiger partial charge in [-0.15, -0.1) is 0 Å². The highest BCUT2D eigenvalue weighted by atomic mass is 16.6. The highest BCUT2D eigenvalue weighted by Gasteiger charge is 2.28. The van der Waals surface area contributed by atoms with Crippen LogP contribution < -0.4 is 5.32 Å². The van der Waals surface area contributed by atoms with Gasteiger partial charge in [0.25, 0.3) is 0 Å². The van der Waals surface area contributed by atoms with E-state index >= 15 is 0 Å². The molecule has 24 heavy (non-hydrogen) atoms. The number of amides is 1. The predicted octanol–water partition coefficient (Wildman–Crippen LogP) is 2.66. The van der Waals surface area contributed by atoms with Crippen LogP contribution in [-0.2, 0) is 16.8 Å². The summed E-state index contributed by atoms with van der Waals surface area (Å²) in [6, 6.07) is 9.97. The smallest absolute Gasteiger partial charge is 0.306 e. The Morgan fingerprint density at radius 3 is 2.62 bits per heavy atom. The Hall–Kier alpha value is -2.70. The zero-order valence-electron chi connectivity index (χ0n) is 14.1. The Bertz CT molecular complexity index is 710. The summed E-state index contributed by atoms with van der Waals surface area (Å²) >= 11 is 0. The Morgan fingerprint density at radius 1 is 1.38 bits per heavy atom. The molecule has 0 saturated heterocycles. The van der Waals surface area contributed by atoms with Gasteiger partial charge < -0.3 is 5.32 Å². The molecule has 1 amide bonds. The molecule has 0 aliphatic carbocycles. The minimum atomic E-state index is -0.506. The number of aryl methyl sites for hydroxylation is 1. The number of benzene rings is 1. The topological polar surface area (TPSA) is 90.1 Å². The van der Waals surface area contributed by atoms with E-state index in [-0.39, 0.29) is 29.5 Å². The number of carbonyl (C=O) groups is 1. The second-order valence-corrected chi connectivity index (χ2v) is 6.35. The fraction of sp³-hybridized carbons (Fsp3) is 0.412. The maximum absolute atomic E-state index is 12.2. The Kier molecular flexibility index (Phi) is 5.33. The van der Waals surface area contributed by atoms with Crippen LogP contribution in [0.3, 0.4) is 0 Å². The standard InChI is InChI=1S/C17H22N4O3/c1-13(17(2,3)14-7-5-4-6-8-14)19-16(22)9-10-20-12-15(11-18-20)21(23)24/h4-8,11-13H,9-10H2,1-3H3,(H,19,22)/t13-/m0/s1. The van der Waals surface area contributed by atoms with E-state index in [0.29, 0.717) is 6.54 Å². The van der Waals surface area contributed by atoms with E-state index in [1.165, 1.54) is 17.1 Å². The number of nitrogens with one attached hydrogen (secondary N) is 1. The SMILES string of the molecule is C[C@H](NC(=O)CCn1cc([N+](=O)[O-])cn1)C(C)(C)c1ccccc1. The molecule has 0 unspecified atom stereocenters. The van der Waals surface area contributed by atoms with E-state index in [4.69, 9.17) is 0 Å². The highest BCUT2D eigenvalue weighted by molar-refractivity contribution is 5.76. The van der Waals surface area contributed by atoms with E-state index < -0.39 is 4.92 Å². The second-order valence-electron chi connectivity index (χ2n) is 6.35. The van der Waals surface area contributed by atoms with E-state index in [1.54, 1.807) is 0 Å². The maximum Gasteiger partial charge on any atom is 0.306 e. The van der Waals surface area contributed by atoms with Crippen LogP contribution in [-0.4, -0.2) is 26.7 Å². The average molecular weight is 330 g/mol. The molecule has 0 bridgehead atoms. The molecule has 2 aromatic rings. The summed E-state index contributed by atoms with van der Waals surface area (Å²) < 4.78 is 1.41. The van der Waals surface area contributed by atoms with Crippen LogP contribution in [0.5, 0.6) is 0 Å². The van der Waals surface area contributed by atoms with Crippen molar-refractivity contribution in [1.82, 2.24) is 15.1 Å². The summed E-state index contributed by atoms with van der Waals surface area (Å²) in [7, 11) is 0. The van der Waals surface area contributed by atoms with Gasteiger partial charge in [-0.3, -0.25) is 19.6 Å². The first-order valence-electron chi connectivity index (χ1n) is 7.82. The number of rotatable bonds is 7. The van der Waals surface area contributed by atoms with E-state index in [0.717, 1.165) is 5.56 Å². The van der Waals surface area contributed by atoms with Crippen molar-refractivity contribution in [3.63, 3.8) is 0 Å². The Balaban J connectivity index is 1.90. The monoisotopic (exact) mass is 330 g/mol. The lowest BCUT2D eigenvalue weighted by molar-refractivity contribution is -0.385. The number of hydrogen-bond acceptors (Lipinski definition) is 4. The molecule has 1 heterocycles. The molecule has 1 aromatic heterocycles. The van der Waals surface area contributed by atoms with Crippen molar-refractivity contribution in [2.45, 2.75) is 45.2 Å². The number of carbonyl (C=O) groups excluding carboxylic acids is 1. The molecule has 0 aliphatic rings. The van der Waals surface area contributed by atoms with Crippen molar-refractivity contribution in [1.29, 1.82) is 0 Å². The van der Waals surface area contributed by atoms with Crippen LogP contribution in [0, 0.1) is 10.1 Å². The number of aromatic nitrogens is 2. The molecule has 0 aliphatic heterocycles. The zero-order valence-corrected chi connectivity index (χ0v) is 14.1. The van der Waals surface area contributed by atoms with Gasteiger partial charge in [-0.05, 0) is 12.5 Å². The highest BCUT2D eigenvalue weighted by Crippen LogP contribution is 2.26. The Labute approximate surface area is 140 Å². The fourth-order valence-electron chi connectivity index (χ4n) is 2.40. The van der Waals surface area contributed by atoms with Crippen molar-refractivity contribution in [3.05, 3.63) is 58.4 Å². The molecule has 128 valence electrons. The van der Waals surface area contributed by atoms with Gasteiger partial charge in [0.1, 0.15) is 12.4 Å². The molecule has 1 atom stereocenters. The lowest BCUT2D eigenvalue weighted by Gasteiger charge is -2.33. The second kappa shape index (κ2) is 7.25.